The van der Waals surface area contributed by atoms with Gasteiger partial charge in [-0.05, 0) is 50.9 Å². The summed E-state index contributed by atoms with van der Waals surface area (Å²) in [6.07, 6.45) is 3.15. The van der Waals surface area contributed by atoms with Crippen LogP contribution in [0, 0.1) is 6.92 Å². The molecule has 0 bridgehead atoms. The molecule has 5 nitrogen and oxygen atoms in total. The first-order chi connectivity index (χ1) is 8.58. The largest absolute Gasteiger partial charge is 0.304 e. The molecule has 0 unspecified atom stereocenters. The van der Waals surface area contributed by atoms with E-state index in [0.29, 0.717) is 26.3 Å². The van der Waals surface area contributed by atoms with Crippen molar-refractivity contribution in [2.45, 2.75) is 6.92 Å². The van der Waals surface area contributed by atoms with Crippen LogP contribution in [-0.4, -0.2) is 20.9 Å². The summed E-state index contributed by atoms with van der Waals surface area (Å²) in [5, 5.41) is 2.67. The molecule has 0 aromatic carbocycles. The maximum atomic E-state index is 12.0. The number of aromatic nitrogens is 3. The fourth-order valence-electron chi connectivity index (χ4n) is 1.33. The molecule has 0 spiro atoms. The van der Waals surface area contributed by atoms with Crippen LogP contribution >= 0.6 is 31.9 Å². The standard InChI is InChI=1S/C11H8Br2N4O/c1-6-7(3-2-4-14-6)11(18)17-10-9(13)16-8(12)5-15-10/h2-5H,1H3,(H,15,17,18). The molecule has 1 amide bonds. The number of hydrogen-bond donors (Lipinski definition) is 1. The number of halogens is 2. The summed E-state index contributed by atoms with van der Waals surface area (Å²) in [6, 6.07) is 3.42. The van der Waals surface area contributed by atoms with Gasteiger partial charge in [-0.2, -0.15) is 0 Å². The number of aryl methyl sites for hydroxylation is 1. The second-order valence-corrected chi connectivity index (χ2v) is 4.99. The van der Waals surface area contributed by atoms with Gasteiger partial charge < -0.3 is 5.32 Å². The molecule has 92 valence electrons. The summed E-state index contributed by atoms with van der Waals surface area (Å²) >= 11 is 6.43. The van der Waals surface area contributed by atoms with Gasteiger partial charge in [0, 0.05) is 11.9 Å². The van der Waals surface area contributed by atoms with E-state index in [-0.39, 0.29) is 5.91 Å². The number of hydrogen-bond acceptors (Lipinski definition) is 4. The van der Waals surface area contributed by atoms with Crippen molar-refractivity contribution < 1.29 is 4.79 Å². The molecule has 0 fully saturated rings. The smallest absolute Gasteiger partial charge is 0.258 e. The fourth-order valence-corrected chi connectivity index (χ4v) is 2.24. The molecule has 7 heteroatoms. The highest BCUT2D eigenvalue weighted by atomic mass is 79.9. The van der Waals surface area contributed by atoms with Crippen molar-refractivity contribution in [1.29, 1.82) is 0 Å². The predicted octanol–water partition coefficient (Wildman–Crippen LogP) is 2.96. The van der Waals surface area contributed by atoms with Crippen molar-refractivity contribution in [1.82, 2.24) is 15.0 Å². The first kappa shape index (κ1) is 13.1. The minimum Gasteiger partial charge on any atom is -0.304 e. The van der Waals surface area contributed by atoms with Crippen LogP contribution in [0.4, 0.5) is 5.82 Å². The molecule has 2 rings (SSSR count). The van der Waals surface area contributed by atoms with E-state index in [9.17, 15) is 4.79 Å². The van der Waals surface area contributed by atoms with Crippen molar-refractivity contribution in [3.63, 3.8) is 0 Å². The van der Waals surface area contributed by atoms with Crippen molar-refractivity contribution in [2.75, 3.05) is 5.32 Å². The highest BCUT2D eigenvalue weighted by Gasteiger charge is 2.12. The molecule has 2 heterocycles. The maximum absolute atomic E-state index is 12.0. The van der Waals surface area contributed by atoms with Crippen LogP contribution < -0.4 is 5.32 Å². The van der Waals surface area contributed by atoms with Crippen LogP contribution in [0.5, 0.6) is 0 Å². The first-order valence-electron chi connectivity index (χ1n) is 4.99. The third kappa shape index (κ3) is 2.91. The highest BCUT2D eigenvalue weighted by Crippen LogP contribution is 2.20. The van der Waals surface area contributed by atoms with E-state index >= 15 is 0 Å². The summed E-state index contributed by atoms with van der Waals surface area (Å²) in [4.78, 5) is 24.2. The second-order valence-electron chi connectivity index (χ2n) is 3.42. The van der Waals surface area contributed by atoms with E-state index in [0.717, 1.165) is 0 Å². The molecule has 0 aliphatic heterocycles. The average molecular weight is 372 g/mol. The second kappa shape index (κ2) is 5.53. The Labute approximate surface area is 120 Å². The van der Waals surface area contributed by atoms with Crippen LogP contribution in [0.15, 0.2) is 33.7 Å². The number of carbonyl (C=O) groups is 1. The molecule has 18 heavy (non-hydrogen) atoms. The molecule has 0 aliphatic rings. The number of carbonyl (C=O) groups excluding carboxylic acids is 1. The molecule has 0 aliphatic carbocycles. The van der Waals surface area contributed by atoms with E-state index < -0.39 is 0 Å². The van der Waals surface area contributed by atoms with E-state index in [2.05, 4.69) is 52.1 Å². The molecule has 2 aromatic heterocycles. The molecule has 2 aromatic rings. The average Bonchev–Trinajstić information content (AvgIpc) is 2.33. The quantitative estimate of drug-likeness (QED) is 0.881. The van der Waals surface area contributed by atoms with Crippen molar-refractivity contribution in [2.24, 2.45) is 0 Å². The summed E-state index contributed by atoms with van der Waals surface area (Å²) in [7, 11) is 0. The lowest BCUT2D eigenvalue weighted by atomic mass is 10.2. The number of pyridine rings is 1. The Morgan fingerprint density at radius 3 is 2.78 bits per heavy atom. The van der Waals surface area contributed by atoms with Gasteiger partial charge in [0.05, 0.1) is 11.8 Å². The normalized spacial score (nSPS) is 10.2. The van der Waals surface area contributed by atoms with Crippen LogP contribution in [0.25, 0.3) is 0 Å². The van der Waals surface area contributed by atoms with Crippen molar-refractivity contribution in [3.05, 3.63) is 45.0 Å². The minimum absolute atomic E-state index is 0.266. The van der Waals surface area contributed by atoms with Gasteiger partial charge in [-0.25, -0.2) is 9.97 Å². The monoisotopic (exact) mass is 370 g/mol. The first-order valence-corrected chi connectivity index (χ1v) is 6.57. The number of rotatable bonds is 2. The Morgan fingerprint density at radius 2 is 2.11 bits per heavy atom. The Morgan fingerprint density at radius 1 is 1.33 bits per heavy atom. The van der Waals surface area contributed by atoms with Crippen LogP contribution in [0.1, 0.15) is 16.1 Å². The maximum Gasteiger partial charge on any atom is 0.258 e. The topological polar surface area (TPSA) is 67.8 Å². The minimum atomic E-state index is -0.266. The van der Waals surface area contributed by atoms with Crippen LogP contribution in [-0.2, 0) is 0 Å². The lowest BCUT2D eigenvalue weighted by molar-refractivity contribution is 0.102. The van der Waals surface area contributed by atoms with Gasteiger partial charge in [0.2, 0.25) is 0 Å². The molecular weight excluding hydrogens is 364 g/mol. The fraction of sp³-hybridized carbons (Fsp3) is 0.0909. The van der Waals surface area contributed by atoms with Gasteiger partial charge >= 0.3 is 0 Å². The summed E-state index contributed by atoms with van der Waals surface area (Å²) < 4.78 is 1.05. The molecule has 0 saturated heterocycles. The zero-order valence-corrected chi connectivity index (χ0v) is 12.5. The lowest BCUT2D eigenvalue weighted by Crippen LogP contribution is -2.15. The molecule has 0 radical (unpaired) electrons. The van der Waals surface area contributed by atoms with E-state index in [1.807, 2.05) is 0 Å². The van der Waals surface area contributed by atoms with Crippen molar-refractivity contribution in [3.8, 4) is 0 Å². The van der Waals surface area contributed by atoms with Crippen LogP contribution in [0.3, 0.4) is 0 Å². The van der Waals surface area contributed by atoms with Gasteiger partial charge in [-0.15, -0.1) is 0 Å². The van der Waals surface area contributed by atoms with E-state index in [1.54, 1.807) is 25.3 Å². The Hall–Kier alpha value is -1.34. The molecular formula is C11H8Br2N4O. The lowest BCUT2D eigenvalue weighted by Gasteiger charge is -2.07. The summed E-state index contributed by atoms with van der Waals surface area (Å²) in [5.74, 6) is 0.101. The number of nitrogens with one attached hydrogen (secondary N) is 1. The van der Waals surface area contributed by atoms with E-state index in [1.165, 1.54) is 6.20 Å². The summed E-state index contributed by atoms with van der Waals surface area (Å²) in [6.45, 7) is 1.78. The number of amides is 1. The SMILES string of the molecule is Cc1ncccc1C(=O)Nc1ncc(Br)nc1Br. The number of anilines is 1. The third-order valence-electron chi connectivity index (χ3n) is 2.18. The summed E-state index contributed by atoms with van der Waals surface area (Å²) in [5.41, 5.74) is 1.17. The Bertz CT molecular complexity index is 603. The van der Waals surface area contributed by atoms with Crippen molar-refractivity contribution >= 4 is 43.6 Å². The molecule has 0 atom stereocenters. The van der Waals surface area contributed by atoms with Gasteiger partial charge in [0.15, 0.2) is 5.82 Å². The zero-order valence-electron chi connectivity index (χ0n) is 9.32. The van der Waals surface area contributed by atoms with Gasteiger partial charge in [-0.3, -0.25) is 9.78 Å². The zero-order chi connectivity index (χ0) is 13.1. The number of nitrogens with zero attached hydrogens (tertiary/aromatic N) is 3. The molecule has 0 saturated carbocycles. The molecule has 1 N–H and O–H groups in total. The highest BCUT2D eigenvalue weighted by molar-refractivity contribution is 9.11. The predicted molar refractivity (Wildman–Crippen MR) is 74.4 cm³/mol. The van der Waals surface area contributed by atoms with E-state index in [4.69, 9.17) is 0 Å². The Balaban J connectivity index is 2.24. The van der Waals surface area contributed by atoms with Crippen LogP contribution in [0.2, 0.25) is 0 Å². The van der Waals surface area contributed by atoms with Gasteiger partial charge in [0.1, 0.15) is 9.21 Å². The van der Waals surface area contributed by atoms with Gasteiger partial charge in [0.25, 0.3) is 5.91 Å². The van der Waals surface area contributed by atoms with Gasteiger partial charge in [-0.1, -0.05) is 0 Å². The third-order valence-corrected chi connectivity index (χ3v) is 3.12. The Kier molecular flexibility index (Phi) is 4.03.